The number of hydrogen-bond donors (Lipinski definition) is 1. The number of nitrogens with zero attached hydrogens (tertiary/aromatic N) is 3. The molecule has 2 fully saturated rings. The molecule has 104 valence electrons. The summed E-state index contributed by atoms with van der Waals surface area (Å²) in [6.45, 7) is 0. The van der Waals surface area contributed by atoms with Crippen molar-refractivity contribution in [2.24, 2.45) is 0 Å². The zero-order valence-electron chi connectivity index (χ0n) is 11.5. The van der Waals surface area contributed by atoms with E-state index in [0.29, 0.717) is 23.7 Å². The van der Waals surface area contributed by atoms with Crippen LogP contribution in [0.3, 0.4) is 0 Å². The van der Waals surface area contributed by atoms with Crippen LogP contribution in [-0.2, 0) is 5.60 Å². The number of aliphatic hydroxyl groups is 1. The SMILES string of the molecule is COc1ccc(C2(O)CC3CCCC(C2)N3C)nn1. The number of ether oxygens (including phenoxy) is 1. The molecule has 2 bridgehead atoms. The molecule has 0 saturated carbocycles. The van der Waals surface area contributed by atoms with Crippen LogP contribution in [0.15, 0.2) is 12.1 Å². The van der Waals surface area contributed by atoms with Crippen molar-refractivity contribution in [1.82, 2.24) is 15.1 Å². The largest absolute Gasteiger partial charge is 0.480 e. The van der Waals surface area contributed by atoms with Gasteiger partial charge in [0, 0.05) is 18.2 Å². The fourth-order valence-electron chi connectivity index (χ4n) is 3.54. The lowest BCUT2D eigenvalue weighted by Crippen LogP contribution is -2.55. The summed E-state index contributed by atoms with van der Waals surface area (Å²) in [5, 5.41) is 19.1. The molecular weight excluding hydrogens is 242 g/mol. The van der Waals surface area contributed by atoms with Crippen molar-refractivity contribution in [2.75, 3.05) is 14.2 Å². The van der Waals surface area contributed by atoms with Gasteiger partial charge in [-0.1, -0.05) is 6.42 Å². The second kappa shape index (κ2) is 4.72. The zero-order valence-corrected chi connectivity index (χ0v) is 11.5. The fraction of sp³-hybridized carbons (Fsp3) is 0.714. The molecule has 3 rings (SSSR count). The summed E-state index contributed by atoms with van der Waals surface area (Å²) in [6, 6.07) is 4.53. The summed E-state index contributed by atoms with van der Waals surface area (Å²) in [7, 11) is 3.74. The maximum atomic E-state index is 11.0. The number of hydrogen-bond acceptors (Lipinski definition) is 5. The van der Waals surface area contributed by atoms with Crippen molar-refractivity contribution in [3.05, 3.63) is 17.8 Å². The smallest absolute Gasteiger partial charge is 0.233 e. The first-order chi connectivity index (χ1) is 9.12. The van der Waals surface area contributed by atoms with Gasteiger partial charge in [0.05, 0.1) is 12.8 Å². The van der Waals surface area contributed by atoms with E-state index in [4.69, 9.17) is 4.74 Å². The molecule has 2 aliphatic heterocycles. The first-order valence-electron chi connectivity index (χ1n) is 6.95. The van der Waals surface area contributed by atoms with Gasteiger partial charge in [0.25, 0.3) is 0 Å². The second-order valence-corrected chi connectivity index (χ2v) is 5.80. The Morgan fingerprint density at radius 2 is 1.95 bits per heavy atom. The number of piperidine rings is 2. The van der Waals surface area contributed by atoms with Crippen LogP contribution >= 0.6 is 0 Å². The Morgan fingerprint density at radius 3 is 2.47 bits per heavy atom. The van der Waals surface area contributed by atoms with Crippen molar-refractivity contribution in [1.29, 1.82) is 0 Å². The number of methoxy groups -OCH3 is 1. The van der Waals surface area contributed by atoms with E-state index in [1.807, 2.05) is 6.07 Å². The summed E-state index contributed by atoms with van der Waals surface area (Å²) < 4.78 is 5.02. The van der Waals surface area contributed by atoms with Gasteiger partial charge in [-0.25, -0.2) is 0 Å². The normalized spacial score (nSPS) is 35.1. The summed E-state index contributed by atoms with van der Waals surface area (Å²) in [6.07, 6.45) is 5.10. The van der Waals surface area contributed by atoms with Crippen LogP contribution in [0, 0.1) is 0 Å². The van der Waals surface area contributed by atoms with E-state index in [9.17, 15) is 5.11 Å². The lowest BCUT2D eigenvalue weighted by Gasteiger charge is -2.50. The van der Waals surface area contributed by atoms with Crippen LogP contribution in [0.5, 0.6) is 5.88 Å². The van der Waals surface area contributed by atoms with Crippen LogP contribution < -0.4 is 4.74 Å². The van der Waals surface area contributed by atoms with E-state index in [-0.39, 0.29) is 0 Å². The van der Waals surface area contributed by atoms with Gasteiger partial charge in [-0.05, 0) is 38.8 Å². The van der Waals surface area contributed by atoms with Crippen LogP contribution in [0.25, 0.3) is 0 Å². The Bertz CT molecular complexity index is 435. The lowest BCUT2D eigenvalue weighted by atomic mass is 9.74. The van der Waals surface area contributed by atoms with Gasteiger partial charge in [-0.15, -0.1) is 10.2 Å². The Hall–Kier alpha value is -1.20. The van der Waals surface area contributed by atoms with Gasteiger partial charge < -0.3 is 14.7 Å². The van der Waals surface area contributed by atoms with Crippen molar-refractivity contribution >= 4 is 0 Å². The topological polar surface area (TPSA) is 58.5 Å². The van der Waals surface area contributed by atoms with Gasteiger partial charge in [0.15, 0.2) is 0 Å². The molecule has 0 spiro atoms. The number of rotatable bonds is 2. The Morgan fingerprint density at radius 1 is 1.26 bits per heavy atom. The molecule has 1 aromatic rings. The maximum Gasteiger partial charge on any atom is 0.233 e. The molecule has 2 saturated heterocycles. The van der Waals surface area contributed by atoms with E-state index in [2.05, 4.69) is 22.1 Å². The summed E-state index contributed by atoms with van der Waals surface area (Å²) in [4.78, 5) is 2.43. The predicted molar refractivity (Wildman–Crippen MR) is 70.9 cm³/mol. The molecule has 2 aliphatic rings. The monoisotopic (exact) mass is 263 g/mol. The summed E-state index contributed by atoms with van der Waals surface area (Å²) in [5.41, 5.74) is -0.153. The molecule has 0 radical (unpaired) electrons. The highest BCUT2D eigenvalue weighted by Gasteiger charge is 2.45. The van der Waals surface area contributed by atoms with Crippen molar-refractivity contribution in [3.8, 4) is 5.88 Å². The third-order valence-corrected chi connectivity index (χ3v) is 4.70. The van der Waals surface area contributed by atoms with Crippen LogP contribution in [-0.4, -0.2) is 46.4 Å². The standard InChI is InChI=1S/C14H21N3O2/c1-17-10-4-3-5-11(17)9-14(18,8-10)12-6-7-13(19-2)16-15-12/h6-7,10-11,18H,3-5,8-9H2,1-2H3. The quantitative estimate of drug-likeness (QED) is 0.872. The second-order valence-electron chi connectivity index (χ2n) is 5.80. The van der Waals surface area contributed by atoms with Crippen LogP contribution in [0.4, 0.5) is 0 Å². The number of aromatic nitrogens is 2. The molecule has 2 unspecified atom stereocenters. The van der Waals surface area contributed by atoms with Crippen LogP contribution in [0.2, 0.25) is 0 Å². The highest BCUT2D eigenvalue weighted by Crippen LogP contribution is 2.42. The van der Waals surface area contributed by atoms with Gasteiger partial charge in [0.2, 0.25) is 5.88 Å². The van der Waals surface area contributed by atoms with E-state index in [1.54, 1.807) is 13.2 Å². The Labute approximate surface area is 113 Å². The Kier molecular flexibility index (Phi) is 3.19. The molecule has 0 amide bonds. The minimum Gasteiger partial charge on any atom is -0.480 e. The molecule has 19 heavy (non-hydrogen) atoms. The first-order valence-corrected chi connectivity index (χ1v) is 6.95. The maximum absolute atomic E-state index is 11.0. The zero-order chi connectivity index (χ0) is 13.5. The fourth-order valence-corrected chi connectivity index (χ4v) is 3.54. The van der Waals surface area contributed by atoms with Crippen molar-refractivity contribution < 1.29 is 9.84 Å². The van der Waals surface area contributed by atoms with Crippen LogP contribution in [0.1, 0.15) is 37.8 Å². The van der Waals surface area contributed by atoms with Gasteiger partial charge in [-0.3, -0.25) is 0 Å². The lowest BCUT2D eigenvalue weighted by molar-refractivity contribution is -0.0903. The minimum absolute atomic E-state index is 0.460. The summed E-state index contributed by atoms with van der Waals surface area (Å²) in [5.74, 6) is 0.487. The highest BCUT2D eigenvalue weighted by molar-refractivity contribution is 5.19. The molecular formula is C14H21N3O2. The van der Waals surface area contributed by atoms with E-state index < -0.39 is 5.60 Å². The average molecular weight is 263 g/mol. The third kappa shape index (κ3) is 2.21. The molecule has 1 N–H and O–H groups in total. The van der Waals surface area contributed by atoms with Gasteiger partial charge in [0.1, 0.15) is 5.60 Å². The molecule has 0 aliphatic carbocycles. The van der Waals surface area contributed by atoms with E-state index in [1.165, 1.54) is 19.3 Å². The minimum atomic E-state index is -0.832. The van der Waals surface area contributed by atoms with Gasteiger partial charge >= 0.3 is 0 Å². The predicted octanol–water partition coefficient (Wildman–Crippen LogP) is 1.32. The first kappa shape index (κ1) is 12.8. The Balaban J connectivity index is 1.86. The molecule has 1 aromatic heterocycles. The van der Waals surface area contributed by atoms with Crippen molar-refractivity contribution in [2.45, 2.75) is 49.8 Å². The molecule has 5 nitrogen and oxygen atoms in total. The molecule has 0 aromatic carbocycles. The van der Waals surface area contributed by atoms with E-state index in [0.717, 1.165) is 12.8 Å². The molecule has 2 atom stereocenters. The van der Waals surface area contributed by atoms with Crippen molar-refractivity contribution in [3.63, 3.8) is 0 Å². The summed E-state index contributed by atoms with van der Waals surface area (Å²) >= 11 is 0. The van der Waals surface area contributed by atoms with E-state index >= 15 is 0 Å². The average Bonchev–Trinajstić information content (AvgIpc) is 2.41. The third-order valence-electron chi connectivity index (χ3n) is 4.70. The molecule has 5 heteroatoms. The van der Waals surface area contributed by atoms with Gasteiger partial charge in [-0.2, -0.15) is 0 Å². The highest BCUT2D eigenvalue weighted by atomic mass is 16.5. The molecule has 3 heterocycles. The number of fused-ring (bicyclic) bond motifs is 2.